The first kappa shape index (κ1) is 8.92. The highest BCUT2D eigenvalue weighted by Gasteiger charge is 2.10. The quantitative estimate of drug-likeness (QED) is 0.469. The molecule has 0 aliphatic rings. The van der Waals surface area contributed by atoms with Gasteiger partial charge in [-0.25, -0.2) is 0 Å². The standard InChI is InChI=1S/C7H15OSi/c1-4-5-7(6-8)9(2)3/h4,7-8H,1,5-6H2,2-3H3. The van der Waals surface area contributed by atoms with E-state index >= 15 is 0 Å². The Kier molecular flexibility index (Phi) is 4.72. The molecule has 9 heavy (non-hydrogen) atoms. The van der Waals surface area contributed by atoms with Crippen molar-refractivity contribution < 1.29 is 5.11 Å². The van der Waals surface area contributed by atoms with Gasteiger partial charge in [0.25, 0.3) is 0 Å². The molecule has 0 saturated heterocycles. The fourth-order valence-electron chi connectivity index (χ4n) is 0.694. The highest BCUT2D eigenvalue weighted by Crippen LogP contribution is 2.13. The third-order valence-electron chi connectivity index (χ3n) is 1.49. The molecule has 0 aliphatic carbocycles. The number of aliphatic hydroxyl groups excluding tert-OH is 1. The Balaban J connectivity index is 3.53. The van der Waals surface area contributed by atoms with Crippen LogP contribution in [0, 0.1) is 0 Å². The molecular formula is C7H15OSi. The Morgan fingerprint density at radius 3 is 2.33 bits per heavy atom. The maximum atomic E-state index is 8.81. The molecular weight excluding hydrogens is 128 g/mol. The van der Waals surface area contributed by atoms with E-state index in [1.165, 1.54) is 0 Å². The van der Waals surface area contributed by atoms with Crippen molar-refractivity contribution in [3.63, 3.8) is 0 Å². The predicted octanol–water partition coefficient (Wildman–Crippen LogP) is 1.68. The second-order valence-corrected chi connectivity index (χ2v) is 5.45. The second kappa shape index (κ2) is 4.76. The van der Waals surface area contributed by atoms with Crippen molar-refractivity contribution in [3.8, 4) is 0 Å². The number of hydrogen-bond donors (Lipinski definition) is 1. The van der Waals surface area contributed by atoms with Gasteiger partial charge in [-0.1, -0.05) is 19.2 Å². The first-order valence-corrected chi connectivity index (χ1v) is 5.82. The van der Waals surface area contributed by atoms with Gasteiger partial charge in [-0.2, -0.15) is 0 Å². The molecule has 53 valence electrons. The van der Waals surface area contributed by atoms with Gasteiger partial charge in [0.15, 0.2) is 0 Å². The van der Waals surface area contributed by atoms with Crippen molar-refractivity contribution in [2.75, 3.05) is 6.61 Å². The molecule has 0 heterocycles. The lowest BCUT2D eigenvalue weighted by molar-refractivity contribution is 0.288. The lowest BCUT2D eigenvalue weighted by Crippen LogP contribution is -2.14. The summed E-state index contributed by atoms with van der Waals surface area (Å²) in [5, 5.41) is 8.81. The summed E-state index contributed by atoms with van der Waals surface area (Å²) in [6.07, 6.45) is 2.86. The van der Waals surface area contributed by atoms with E-state index in [1.807, 2.05) is 6.08 Å². The largest absolute Gasteiger partial charge is 0.396 e. The summed E-state index contributed by atoms with van der Waals surface area (Å²) >= 11 is 0. The van der Waals surface area contributed by atoms with Crippen LogP contribution >= 0.6 is 0 Å². The SMILES string of the molecule is C=CCC(CO)[Si](C)C. The Labute approximate surface area is 59.0 Å². The predicted molar refractivity (Wildman–Crippen MR) is 43.1 cm³/mol. The lowest BCUT2D eigenvalue weighted by atomic mass is 10.3. The summed E-state index contributed by atoms with van der Waals surface area (Å²) in [7, 11) is -0.308. The monoisotopic (exact) mass is 143 g/mol. The molecule has 0 fully saturated rings. The van der Waals surface area contributed by atoms with E-state index in [0.29, 0.717) is 12.1 Å². The summed E-state index contributed by atoms with van der Waals surface area (Å²) in [5.41, 5.74) is 0.507. The molecule has 0 rings (SSSR count). The first-order chi connectivity index (χ1) is 4.22. The summed E-state index contributed by atoms with van der Waals surface area (Å²) in [4.78, 5) is 0. The van der Waals surface area contributed by atoms with Crippen LogP contribution in [0.5, 0.6) is 0 Å². The van der Waals surface area contributed by atoms with Gasteiger partial charge in [0.1, 0.15) is 0 Å². The highest BCUT2D eigenvalue weighted by molar-refractivity contribution is 6.57. The van der Waals surface area contributed by atoms with Crippen LogP contribution in [0.3, 0.4) is 0 Å². The molecule has 0 saturated carbocycles. The van der Waals surface area contributed by atoms with Crippen molar-refractivity contribution in [2.45, 2.75) is 25.1 Å². The molecule has 0 amide bonds. The number of aliphatic hydroxyl groups is 1. The molecule has 0 aromatic carbocycles. The van der Waals surface area contributed by atoms with Gasteiger partial charge in [0.05, 0.1) is 0 Å². The highest BCUT2D eigenvalue weighted by atomic mass is 28.3. The van der Waals surface area contributed by atoms with Crippen LogP contribution in [0.1, 0.15) is 6.42 Å². The number of allylic oxidation sites excluding steroid dienone is 1. The second-order valence-electron chi connectivity index (χ2n) is 2.48. The van der Waals surface area contributed by atoms with Crippen molar-refractivity contribution in [2.24, 2.45) is 0 Å². The Hall–Kier alpha value is -0.0831. The topological polar surface area (TPSA) is 20.2 Å². The van der Waals surface area contributed by atoms with Gasteiger partial charge in [-0.05, 0) is 12.0 Å². The maximum Gasteiger partial charge on any atom is 0.0477 e. The molecule has 2 heteroatoms. The van der Waals surface area contributed by atoms with Crippen molar-refractivity contribution in [1.29, 1.82) is 0 Å². The zero-order chi connectivity index (χ0) is 7.28. The van der Waals surface area contributed by atoms with Crippen LogP contribution in [-0.4, -0.2) is 20.5 Å². The van der Waals surface area contributed by atoms with Crippen molar-refractivity contribution in [1.82, 2.24) is 0 Å². The van der Waals surface area contributed by atoms with E-state index in [2.05, 4.69) is 19.7 Å². The van der Waals surface area contributed by atoms with Gasteiger partial charge in [-0.15, -0.1) is 6.58 Å². The molecule has 0 aromatic heterocycles. The normalized spacial score (nSPS) is 13.8. The summed E-state index contributed by atoms with van der Waals surface area (Å²) in [6.45, 7) is 8.40. The average molecular weight is 143 g/mol. The molecule has 1 atom stereocenters. The van der Waals surface area contributed by atoms with Gasteiger partial charge < -0.3 is 5.11 Å². The molecule has 1 N–H and O–H groups in total. The third-order valence-corrected chi connectivity index (χ3v) is 3.54. The Morgan fingerprint density at radius 2 is 2.22 bits per heavy atom. The van der Waals surface area contributed by atoms with Crippen LogP contribution in [-0.2, 0) is 0 Å². The maximum absolute atomic E-state index is 8.81. The fourth-order valence-corrected chi connectivity index (χ4v) is 1.70. The molecule has 0 spiro atoms. The zero-order valence-corrected chi connectivity index (χ0v) is 7.22. The number of rotatable bonds is 4. The summed E-state index contributed by atoms with van der Waals surface area (Å²) in [6, 6.07) is 0. The minimum atomic E-state index is -0.308. The third kappa shape index (κ3) is 3.49. The summed E-state index contributed by atoms with van der Waals surface area (Å²) < 4.78 is 0. The van der Waals surface area contributed by atoms with Crippen LogP contribution in [0.15, 0.2) is 12.7 Å². The molecule has 1 nitrogen and oxygen atoms in total. The van der Waals surface area contributed by atoms with Crippen LogP contribution in [0.25, 0.3) is 0 Å². The van der Waals surface area contributed by atoms with Gasteiger partial charge in [0.2, 0.25) is 0 Å². The average Bonchev–Trinajstić information content (AvgIpc) is 1.82. The minimum Gasteiger partial charge on any atom is -0.396 e. The first-order valence-electron chi connectivity index (χ1n) is 3.24. The van der Waals surface area contributed by atoms with E-state index in [-0.39, 0.29) is 8.80 Å². The van der Waals surface area contributed by atoms with E-state index in [9.17, 15) is 0 Å². The van der Waals surface area contributed by atoms with E-state index < -0.39 is 0 Å². The van der Waals surface area contributed by atoms with Crippen molar-refractivity contribution in [3.05, 3.63) is 12.7 Å². The Bertz CT molecular complexity index is 81.0. The van der Waals surface area contributed by atoms with Crippen LogP contribution < -0.4 is 0 Å². The Morgan fingerprint density at radius 1 is 1.67 bits per heavy atom. The smallest absolute Gasteiger partial charge is 0.0477 e. The lowest BCUT2D eigenvalue weighted by Gasteiger charge is -2.13. The van der Waals surface area contributed by atoms with Gasteiger partial charge in [0, 0.05) is 15.4 Å². The van der Waals surface area contributed by atoms with Crippen LogP contribution in [0.2, 0.25) is 18.6 Å². The van der Waals surface area contributed by atoms with Crippen LogP contribution in [0.4, 0.5) is 0 Å². The molecule has 0 bridgehead atoms. The van der Waals surface area contributed by atoms with E-state index in [1.54, 1.807) is 0 Å². The molecule has 1 radical (unpaired) electrons. The number of hydrogen-bond acceptors (Lipinski definition) is 1. The van der Waals surface area contributed by atoms with Gasteiger partial charge in [-0.3, -0.25) is 0 Å². The van der Waals surface area contributed by atoms with E-state index in [0.717, 1.165) is 6.42 Å². The van der Waals surface area contributed by atoms with Gasteiger partial charge >= 0.3 is 0 Å². The minimum absolute atomic E-state index is 0.308. The van der Waals surface area contributed by atoms with Crippen molar-refractivity contribution >= 4 is 8.80 Å². The fraction of sp³-hybridized carbons (Fsp3) is 0.714. The zero-order valence-electron chi connectivity index (χ0n) is 6.22. The van der Waals surface area contributed by atoms with E-state index in [4.69, 9.17) is 5.11 Å². The molecule has 0 aromatic rings. The summed E-state index contributed by atoms with van der Waals surface area (Å²) in [5.74, 6) is 0. The molecule has 0 aliphatic heterocycles. The molecule has 1 unspecified atom stereocenters.